The van der Waals surface area contributed by atoms with Crippen LogP contribution in [0.2, 0.25) is 0 Å². The smallest absolute Gasteiger partial charge is 0.445 e. The SMILES string of the molecule is CC(N)Cc1ccc([B-](F)(F)F)cc1. The van der Waals surface area contributed by atoms with Gasteiger partial charge in [0.05, 0.1) is 0 Å². The summed E-state index contributed by atoms with van der Waals surface area (Å²) in [5.41, 5.74) is 5.81. The van der Waals surface area contributed by atoms with Crippen LogP contribution < -0.4 is 11.2 Å². The number of hydrogen-bond donors (Lipinski definition) is 1. The fourth-order valence-electron chi connectivity index (χ4n) is 1.24. The molecule has 0 saturated heterocycles. The van der Waals surface area contributed by atoms with Crippen LogP contribution in [0.25, 0.3) is 0 Å². The van der Waals surface area contributed by atoms with Crippen molar-refractivity contribution >= 4 is 12.4 Å². The van der Waals surface area contributed by atoms with E-state index in [0.29, 0.717) is 6.42 Å². The Kier molecular flexibility index (Phi) is 3.21. The molecular weight excluding hydrogens is 190 g/mol. The molecule has 14 heavy (non-hydrogen) atoms. The van der Waals surface area contributed by atoms with Gasteiger partial charge in [-0.05, 0) is 18.9 Å². The summed E-state index contributed by atoms with van der Waals surface area (Å²) in [5, 5.41) is 0. The summed E-state index contributed by atoms with van der Waals surface area (Å²) in [6, 6.07) is 5.15. The normalized spacial score (nSPS) is 14.1. The topological polar surface area (TPSA) is 26.0 Å². The summed E-state index contributed by atoms with van der Waals surface area (Å²) in [7, 11) is 0. The lowest BCUT2D eigenvalue weighted by Gasteiger charge is -2.15. The molecule has 2 N–H and O–H groups in total. The van der Waals surface area contributed by atoms with E-state index in [0.717, 1.165) is 17.7 Å². The molecular formula is C9H12BF3N-. The second-order valence-corrected chi connectivity index (χ2v) is 3.50. The third-order valence-corrected chi connectivity index (χ3v) is 1.92. The number of benzene rings is 1. The van der Waals surface area contributed by atoms with Gasteiger partial charge in [-0.15, -0.1) is 5.46 Å². The Morgan fingerprint density at radius 2 is 1.71 bits per heavy atom. The van der Waals surface area contributed by atoms with Crippen LogP contribution in [-0.2, 0) is 6.42 Å². The molecule has 1 atom stereocenters. The minimum atomic E-state index is -4.87. The molecule has 0 bridgehead atoms. The third-order valence-electron chi connectivity index (χ3n) is 1.92. The minimum Gasteiger partial charge on any atom is -0.445 e. The van der Waals surface area contributed by atoms with Crippen LogP contribution in [0.5, 0.6) is 0 Å². The van der Waals surface area contributed by atoms with Crippen molar-refractivity contribution in [1.29, 1.82) is 0 Å². The average molecular weight is 202 g/mol. The van der Waals surface area contributed by atoms with Gasteiger partial charge in [-0.25, -0.2) is 0 Å². The first-order valence-electron chi connectivity index (χ1n) is 4.44. The van der Waals surface area contributed by atoms with Crippen LogP contribution >= 0.6 is 0 Å². The van der Waals surface area contributed by atoms with E-state index in [2.05, 4.69) is 0 Å². The van der Waals surface area contributed by atoms with Crippen LogP contribution in [0.15, 0.2) is 24.3 Å². The maximum atomic E-state index is 12.2. The minimum absolute atomic E-state index is 0.0303. The predicted octanol–water partition coefficient (Wildman–Crippen LogP) is 1.63. The molecule has 5 heteroatoms. The average Bonchev–Trinajstić information content (AvgIpc) is 2.02. The molecule has 1 unspecified atom stereocenters. The molecule has 0 aliphatic rings. The van der Waals surface area contributed by atoms with E-state index in [4.69, 9.17) is 5.73 Å². The van der Waals surface area contributed by atoms with Crippen molar-refractivity contribution in [3.05, 3.63) is 29.8 Å². The van der Waals surface area contributed by atoms with Gasteiger partial charge in [-0.1, -0.05) is 24.3 Å². The van der Waals surface area contributed by atoms with Gasteiger partial charge in [0, 0.05) is 6.04 Å². The van der Waals surface area contributed by atoms with E-state index < -0.39 is 12.4 Å². The lowest BCUT2D eigenvalue weighted by Crippen LogP contribution is -2.33. The summed E-state index contributed by atoms with van der Waals surface area (Å²) in [5.74, 6) is 0. The zero-order valence-electron chi connectivity index (χ0n) is 7.88. The van der Waals surface area contributed by atoms with E-state index in [-0.39, 0.29) is 6.04 Å². The molecule has 0 fully saturated rings. The van der Waals surface area contributed by atoms with E-state index >= 15 is 0 Å². The van der Waals surface area contributed by atoms with Gasteiger partial charge in [-0.3, -0.25) is 0 Å². The lowest BCUT2D eigenvalue weighted by molar-refractivity contribution is 0.501. The molecule has 78 valence electrons. The van der Waals surface area contributed by atoms with Gasteiger partial charge >= 0.3 is 6.98 Å². The zero-order chi connectivity index (χ0) is 10.8. The Bertz CT molecular complexity index is 292. The first-order valence-corrected chi connectivity index (χ1v) is 4.44. The molecule has 0 radical (unpaired) electrons. The molecule has 1 aromatic carbocycles. The van der Waals surface area contributed by atoms with E-state index in [9.17, 15) is 12.9 Å². The molecule has 0 heterocycles. The van der Waals surface area contributed by atoms with E-state index in [1.807, 2.05) is 6.92 Å². The van der Waals surface area contributed by atoms with Crippen molar-refractivity contribution in [2.24, 2.45) is 5.73 Å². The molecule has 1 rings (SSSR count). The molecule has 0 saturated carbocycles. The maximum Gasteiger partial charge on any atom is 0.509 e. The number of rotatable bonds is 3. The Hall–Kier alpha value is -0.965. The molecule has 1 nitrogen and oxygen atoms in total. The molecule has 0 aliphatic carbocycles. The second kappa shape index (κ2) is 4.04. The summed E-state index contributed by atoms with van der Waals surface area (Å²) in [6.07, 6.45) is 0.602. The van der Waals surface area contributed by atoms with E-state index in [1.165, 1.54) is 12.1 Å². The maximum absolute atomic E-state index is 12.2. The van der Waals surface area contributed by atoms with E-state index in [1.54, 1.807) is 0 Å². The quantitative estimate of drug-likeness (QED) is 0.740. The van der Waals surface area contributed by atoms with Gasteiger partial charge in [0.15, 0.2) is 0 Å². The van der Waals surface area contributed by atoms with Crippen LogP contribution in [-0.4, -0.2) is 13.0 Å². The summed E-state index contributed by atoms with van der Waals surface area (Å²) in [6.45, 7) is -3.05. The van der Waals surface area contributed by atoms with Gasteiger partial charge in [-0.2, -0.15) is 0 Å². The van der Waals surface area contributed by atoms with Crippen molar-refractivity contribution in [2.75, 3.05) is 0 Å². The van der Waals surface area contributed by atoms with Crippen LogP contribution in [0.1, 0.15) is 12.5 Å². The first kappa shape index (κ1) is 11.1. The van der Waals surface area contributed by atoms with Gasteiger partial charge in [0.25, 0.3) is 0 Å². The Morgan fingerprint density at radius 3 is 2.07 bits per heavy atom. The second-order valence-electron chi connectivity index (χ2n) is 3.50. The number of hydrogen-bond acceptors (Lipinski definition) is 1. The molecule has 0 spiro atoms. The monoisotopic (exact) mass is 202 g/mol. The van der Waals surface area contributed by atoms with Crippen molar-refractivity contribution in [3.63, 3.8) is 0 Å². The van der Waals surface area contributed by atoms with Crippen molar-refractivity contribution in [1.82, 2.24) is 0 Å². The zero-order valence-corrected chi connectivity index (χ0v) is 7.88. The van der Waals surface area contributed by atoms with Crippen LogP contribution in [0.4, 0.5) is 12.9 Å². The van der Waals surface area contributed by atoms with Gasteiger partial charge in [0.2, 0.25) is 0 Å². The van der Waals surface area contributed by atoms with Crippen molar-refractivity contribution < 1.29 is 12.9 Å². The molecule has 1 aromatic rings. The van der Waals surface area contributed by atoms with Crippen molar-refractivity contribution in [3.8, 4) is 0 Å². The van der Waals surface area contributed by atoms with Gasteiger partial charge < -0.3 is 18.7 Å². The number of nitrogens with two attached hydrogens (primary N) is 1. The Morgan fingerprint density at radius 1 is 1.21 bits per heavy atom. The highest BCUT2D eigenvalue weighted by Gasteiger charge is 2.24. The standard InChI is InChI=1S/C9H12BF3N/c1-7(14)6-8-2-4-9(5-3-8)10(11,12)13/h2-5,7H,6,14H2,1H3/q-1. The molecule has 0 amide bonds. The lowest BCUT2D eigenvalue weighted by atomic mass is 9.80. The highest BCUT2D eigenvalue weighted by molar-refractivity contribution is 6.73. The number of halogens is 3. The fraction of sp³-hybridized carbons (Fsp3) is 0.333. The summed E-state index contributed by atoms with van der Waals surface area (Å²) >= 11 is 0. The third kappa shape index (κ3) is 3.07. The largest absolute Gasteiger partial charge is 0.509 e. The summed E-state index contributed by atoms with van der Waals surface area (Å²) < 4.78 is 36.7. The fourth-order valence-corrected chi connectivity index (χ4v) is 1.24. The summed E-state index contributed by atoms with van der Waals surface area (Å²) in [4.78, 5) is 0. The molecule has 0 aliphatic heterocycles. The highest BCUT2D eigenvalue weighted by Crippen LogP contribution is 2.10. The Labute approximate surface area is 81.2 Å². The molecule has 0 aromatic heterocycles. The van der Waals surface area contributed by atoms with Crippen molar-refractivity contribution in [2.45, 2.75) is 19.4 Å². The highest BCUT2D eigenvalue weighted by atomic mass is 19.4. The Balaban J connectivity index is 2.79. The predicted molar refractivity (Wildman–Crippen MR) is 52.5 cm³/mol. The van der Waals surface area contributed by atoms with Gasteiger partial charge in [0.1, 0.15) is 0 Å². The van der Waals surface area contributed by atoms with Crippen LogP contribution in [0.3, 0.4) is 0 Å². The first-order chi connectivity index (χ1) is 6.39. The van der Waals surface area contributed by atoms with Crippen LogP contribution in [0, 0.1) is 0 Å².